The summed E-state index contributed by atoms with van der Waals surface area (Å²) in [4.78, 5) is 3.92. The van der Waals surface area contributed by atoms with Crippen LogP contribution in [0.3, 0.4) is 0 Å². The number of rotatable bonds is 10. The standard InChI is InChI=1S/C27H31N2O2P/c1-21(2)19-23(20-27(28-3)22-15-17-24(31-4)18-16-22)29-32(30,25-11-7-5-8-12-25)26-13-9-6-10-14-26/h5-18,21,23,27H,19-20H2,1-2,4H3,(H,29,30)/t23-,27+/m0/s1. The second-order valence-corrected chi connectivity index (χ2v) is 10.9. The highest BCUT2D eigenvalue weighted by Crippen LogP contribution is 2.41. The van der Waals surface area contributed by atoms with E-state index in [0.29, 0.717) is 12.3 Å². The van der Waals surface area contributed by atoms with Crippen molar-refractivity contribution in [2.75, 3.05) is 7.11 Å². The molecule has 32 heavy (non-hydrogen) atoms. The van der Waals surface area contributed by atoms with Gasteiger partial charge in [0.2, 0.25) is 13.3 Å². The summed E-state index contributed by atoms with van der Waals surface area (Å²) in [5, 5.41) is 5.10. The number of hydrogen-bond acceptors (Lipinski definition) is 2. The molecule has 4 nitrogen and oxygen atoms in total. The summed E-state index contributed by atoms with van der Waals surface area (Å²) in [6.45, 7) is 12.1. The molecule has 0 spiro atoms. The molecular formula is C27H31N2O2P. The minimum Gasteiger partial charge on any atom is -0.497 e. The second kappa shape index (κ2) is 11.1. The predicted octanol–water partition coefficient (Wildman–Crippen LogP) is 5.98. The molecule has 0 aromatic heterocycles. The van der Waals surface area contributed by atoms with Gasteiger partial charge in [0, 0.05) is 28.6 Å². The smallest absolute Gasteiger partial charge is 0.250 e. The molecule has 0 aliphatic rings. The zero-order chi connectivity index (χ0) is 23.0. The van der Waals surface area contributed by atoms with Gasteiger partial charge in [0.25, 0.3) is 0 Å². The fourth-order valence-electron chi connectivity index (χ4n) is 3.96. The lowest BCUT2D eigenvalue weighted by atomic mass is 9.95. The van der Waals surface area contributed by atoms with E-state index in [1.807, 2.05) is 84.9 Å². The van der Waals surface area contributed by atoms with Gasteiger partial charge in [0.15, 0.2) is 0 Å². The topological polar surface area (TPSA) is 42.7 Å². The first kappa shape index (κ1) is 23.8. The lowest BCUT2D eigenvalue weighted by molar-refractivity contribution is 0.414. The van der Waals surface area contributed by atoms with E-state index in [9.17, 15) is 4.57 Å². The van der Waals surface area contributed by atoms with Crippen LogP contribution in [0.1, 0.15) is 38.3 Å². The quantitative estimate of drug-likeness (QED) is 0.308. The molecular weight excluding hydrogens is 415 g/mol. The third kappa shape index (κ3) is 5.88. The molecule has 0 radical (unpaired) electrons. The second-order valence-electron chi connectivity index (χ2n) is 8.39. The molecule has 3 aromatic carbocycles. The van der Waals surface area contributed by atoms with Crippen molar-refractivity contribution >= 4 is 17.9 Å². The largest absolute Gasteiger partial charge is 0.497 e. The van der Waals surface area contributed by atoms with Crippen molar-refractivity contribution in [1.82, 2.24) is 5.09 Å². The van der Waals surface area contributed by atoms with Gasteiger partial charge in [-0.15, -0.1) is 0 Å². The van der Waals surface area contributed by atoms with Crippen molar-refractivity contribution in [3.63, 3.8) is 0 Å². The maximum Gasteiger partial charge on any atom is 0.250 e. The molecule has 3 rings (SSSR count). The summed E-state index contributed by atoms with van der Waals surface area (Å²) in [5.41, 5.74) is 0.950. The highest BCUT2D eigenvalue weighted by atomic mass is 31.2. The Bertz CT molecular complexity index is 1020. The molecule has 1 N–H and O–H groups in total. The number of methoxy groups -OCH3 is 1. The third-order valence-corrected chi connectivity index (χ3v) is 8.30. The first-order valence-electron chi connectivity index (χ1n) is 11.0. The first-order valence-corrected chi connectivity index (χ1v) is 12.7. The zero-order valence-corrected chi connectivity index (χ0v) is 19.8. The van der Waals surface area contributed by atoms with E-state index in [1.54, 1.807) is 7.11 Å². The van der Waals surface area contributed by atoms with Crippen LogP contribution < -0.4 is 20.4 Å². The molecule has 0 saturated carbocycles. The van der Waals surface area contributed by atoms with Crippen LogP contribution in [0.2, 0.25) is 0 Å². The van der Waals surface area contributed by atoms with E-state index in [2.05, 4.69) is 23.8 Å². The number of ether oxygens (including phenoxy) is 1. The van der Waals surface area contributed by atoms with Crippen LogP contribution in [-0.4, -0.2) is 13.2 Å². The SMILES string of the molecule is [C-]#[N+][C@H](C[C@H](CC(C)C)NP(=O)(c1ccccc1)c1ccccc1)c1ccc(OC)cc1. The van der Waals surface area contributed by atoms with Crippen LogP contribution in [0.25, 0.3) is 4.85 Å². The Morgan fingerprint density at radius 2 is 1.41 bits per heavy atom. The maximum absolute atomic E-state index is 14.5. The Hall–Kier alpha value is -2.86. The van der Waals surface area contributed by atoms with Gasteiger partial charge < -0.3 is 9.58 Å². The van der Waals surface area contributed by atoms with Crippen LogP contribution in [-0.2, 0) is 4.57 Å². The molecule has 0 aliphatic heterocycles. The summed E-state index contributed by atoms with van der Waals surface area (Å²) < 4.78 is 19.7. The normalized spacial score (nSPS) is 13.3. The van der Waals surface area contributed by atoms with Crippen molar-refractivity contribution < 1.29 is 9.30 Å². The van der Waals surface area contributed by atoms with Gasteiger partial charge in [-0.3, -0.25) is 9.65 Å². The van der Waals surface area contributed by atoms with Crippen LogP contribution in [0.4, 0.5) is 0 Å². The van der Waals surface area contributed by atoms with Gasteiger partial charge in [0.05, 0.1) is 7.11 Å². The van der Waals surface area contributed by atoms with Crippen molar-refractivity contribution in [2.45, 2.75) is 38.8 Å². The molecule has 166 valence electrons. The average molecular weight is 447 g/mol. The van der Waals surface area contributed by atoms with E-state index < -0.39 is 7.29 Å². The Labute approximate surface area is 191 Å². The molecule has 0 bridgehead atoms. The van der Waals surface area contributed by atoms with Crippen molar-refractivity contribution in [1.29, 1.82) is 0 Å². The van der Waals surface area contributed by atoms with E-state index in [0.717, 1.165) is 28.3 Å². The molecule has 3 aromatic rings. The van der Waals surface area contributed by atoms with Crippen molar-refractivity contribution in [3.8, 4) is 5.75 Å². The van der Waals surface area contributed by atoms with E-state index >= 15 is 0 Å². The number of hydrogen-bond donors (Lipinski definition) is 1. The number of benzene rings is 3. The molecule has 0 aliphatic carbocycles. The van der Waals surface area contributed by atoms with E-state index in [1.165, 1.54) is 0 Å². The summed E-state index contributed by atoms with van der Waals surface area (Å²) in [6.07, 6.45) is 1.41. The lowest BCUT2D eigenvalue weighted by Crippen LogP contribution is -2.36. The van der Waals surface area contributed by atoms with Crippen molar-refractivity contribution in [2.24, 2.45) is 5.92 Å². The summed E-state index contributed by atoms with van der Waals surface area (Å²) in [6, 6.07) is 26.5. The number of nitrogens with one attached hydrogen (secondary N) is 1. The highest BCUT2D eigenvalue weighted by Gasteiger charge is 2.33. The van der Waals surface area contributed by atoms with Gasteiger partial charge in [-0.1, -0.05) is 50.2 Å². The number of nitrogens with zero attached hydrogens (tertiary/aromatic N) is 1. The predicted molar refractivity (Wildman–Crippen MR) is 133 cm³/mol. The van der Waals surface area contributed by atoms with Crippen LogP contribution in [0.5, 0.6) is 5.75 Å². The Kier molecular flexibility index (Phi) is 8.28. The Morgan fingerprint density at radius 1 is 0.875 bits per heavy atom. The fourth-order valence-corrected chi connectivity index (χ4v) is 6.47. The van der Waals surface area contributed by atoms with Gasteiger partial charge in [0.1, 0.15) is 5.75 Å². The Balaban J connectivity index is 1.94. The van der Waals surface area contributed by atoms with Gasteiger partial charge in [-0.25, -0.2) is 6.57 Å². The first-order chi connectivity index (χ1) is 15.5. The fraction of sp³-hybridized carbons (Fsp3) is 0.296. The third-order valence-electron chi connectivity index (χ3n) is 5.52. The summed E-state index contributed by atoms with van der Waals surface area (Å²) in [7, 11) is -1.45. The molecule has 5 heteroatoms. The molecule has 0 heterocycles. The molecule has 0 unspecified atom stereocenters. The Morgan fingerprint density at radius 3 is 1.84 bits per heavy atom. The average Bonchev–Trinajstić information content (AvgIpc) is 2.83. The van der Waals surface area contributed by atoms with E-state index in [4.69, 9.17) is 11.3 Å². The van der Waals surface area contributed by atoms with Crippen LogP contribution >= 0.6 is 7.29 Å². The molecule has 0 fully saturated rings. The minimum atomic E-state index is -3.08. The highest BCUT2D eigenvalue weighted by molar-refractivity contribution is 7.76. The van der Waals surface area contributed by atoms with Gasteiger partial charge in [-0.2, -0.15) is 0 Å². The maximum atomic E-state index is 14.5. The van der Waals surface area contributed by atoms with Crippen molar-refractivity contribution in [3.05, 3.63) is 102 Å². The van der Waals surface area contributed by atoms with Crippen LogP contribution in [0, 0.1) is 12.5 Å². The minimum absolute atomic E-state index is 0.0811. The molecule has 0 saturated heterocycles. The zero-order valence-electron chi connectivity index (χ0n) is 18.9. The monoisotopic (exact) mass is 446 g/mol. The van der Waals surface area contributed by atoms with Gasteiger partial charge >= 0.3 is 0 Å². The molecule has 0 amide bonds. The lowest BCUT2D eigenvalue weighted by Gasteiger charge is -2.28. The van der Waals surface area contributed by atoms with E-state index in [-0.39, 0.29) is 12.1 Å². The van der Waals surface area contributed by atoms with Crippen LogP contribution in [0.15, 0.2) is 84.9 Å². The summed E-state index contributed by atoms with van der Waals surface area (Å²) >= 11 is 0. The van der Waals surface area contributed by atoms with Gasteiger partial charge in [-0.05, 0) is 60.9 Å². The molecule has 2 atom stereocenters. The summed E-state index contributed by atoms with van der Waals surface area (Å²) in [5.74, 6) is 1.17.